The third-order valence-electron chi connectivity index (χ3n) is 10.2. The van der Waals surface area contributed by atoms with Crippen LogP contribution in [0.5, 0.6) is 0 Å². The highest BCUT2D eigenvalue weighted by atomic mass is 16.3. The summed E-state index contributed by atoms with van der Waals surface area (Å²) in [6.07, 6.45) is 10.5. The molecule has 5 amide bonds. The molecule has 2 heterocycles. The van der Waals surface area contributed by atoms with Gasteiger partial charge < -0.3 is 31.3 Å². The maximum absolute atomic E-state index is 14.5. The molecule has 272 valence electrons. The zero-order valence-electron chi connectivity index (χ0n) is 30.0. The number of nitrogens with one attached hydrogen (secondary N) is 4. The third kappa shape index (κ3) is 10.2. The van der Waals surface area contributed by atoms with Crippen molar-refractivity contribution in [1.82, 2.24) is 36.1 Å². The number of aliphatic hydroxyl groups excluding tert-OH is 1. The highest BCUT2D eigenvalue weighted by Gasteiger charge is 2.47. The lowest BCUT2D eigenvalue weighted by atomic mass is 9.82. The van der Waals surface area contributed by atoms with Crippen LogP contribution in [-0.2, 0) is 19.2 Å². The maximum atomic E-state index is 14.5. The molecule has 0 radical (unpaired) electrons. The predicted octanol–water partition coefficient (Wildman–Crippen LogP) is 2.48. The van der Waals surface area contributed by atoms with E-state index in [9.17, 15) is 29.1 Å². The van der Waals surface area contributed by atoms with Crippen molar-refractivity contribution >= 4 is 29.5 Å². The number of carbonyl (C=O) groups is 5. The Bertz CT molecular complexity index is 1310. The van der Waals surface area contributed by atoms with Crippen LogP contribution in [0.3, 0.4) is 0 Å². The molecule has 49 heavy (non-hydrogen) atoms. The molecule has 5 N–H and O–H groups in total. The van der Waals surface area contributed by atoms with Gasteiger partial charge in [-0.3, -0.25) is 29.0 Å². The van der Waals surface area contributed by atoms with Gasteiger partial charge in [-0.05, 0) is 61.7 Å². The minimum Gasteiger partial charge on any atom is -0.381 e. The molecule has 1 aromatic heterocycles. The molecule has 4 rings (SSSR count). The zero-order chi connectivity index (χ0) is 35.9. The summed E-state index contributed by atoms with van der Waals surface area (Å²) in [7, 11) is 0. The highest BCUT2D eigenvalue weighted by molar-refractivity contribution is 5.98. The second-order valence-electron chi connectivity index (χ2n) is 15.6. The molecule has 0 aromatic carbocycles. The Labute approximate surface area is 290 Å². The van der Waals surface area contributed by atoms with Crippen molar-refractivity contribution in [3.63, 3.8) is 0 Å². The first-order chi connectivity index (χ1) is 23.2. The van der Waals surface area contributed by atoms with Crippen molar-refractivity contribution in [2.24, 2.45) is 23.2 Å². The van der Waals surface area contributed by atoms with E-state index in [0.717, 1.165) is 44.9 Å². The molecule has 2 saturated carbocycles. The van der Waals surface area contributed by atoms with Gasteiger partial charge in [0, 0.05) is 25.0 Å². The summed E-state index contributed by atoms with van der Waals surface area (Å²) in [5.41, 5.74) is -0.640. The molecule has 1 aromatic rings. The third-order valence-corrected chi connectivity index (χ3v) is 10.2. The van der Waals surface area contributed by atoms with Crippen LogP contribution in [0, 0.1) is 23.2 Å². The van der Waals surface area contributed by atoms with Crippen molar-refractivity contribution in [2.75, 3.05) is 6.54 Å². The molecule has 3 aliphatic rings. The second kappa shape index (κ2) is 16.9. The summed E-state index contributed by atoms with van der Waals surface area (Å²) >= 11 is 0. The van der Waals surface area contributed by atoms with E-state index in [2.05, 4.69) is 45.1 Å². The average molecular weight is 684 g/mol. The average Bonchev–Trinajstić information content (AvgIpc) is 3.77. The number of aromatic nitrogens is 2. The Kier molecular flexibility index (Phi) is 13.1. The van der Waals surface area contributed by atoms with E-state index < -0.39 is 59.3 Å². The monoisotopic (exact) mass is 683 g/mol. The number of aliphatic hydroxyl groups is 1. The lowest BCUT2D eigenvalue weighted by molar-refractivity contribution is -0.145. The fourth-order valence-corrected chi connectivity index (χ4v) is 6.98. The van der Waals surface area contributed by atoms with Crippen LogP contribution < -0.4 is 21.3 Å². The molecular formula is C36H57N7O6. The lowest BCUT2D eigenvalue weighted by Gasteiger charge is -2.38. The molecule has 6 atom stereocenters. The van der Waals surface area contributed by atoms with Crippen LogP contribution in [0.25, 0.3) is 0 Å². The van der Waals surface area contributed by atoms with Crippen molar-refractivity contribution in [3.8, 4) is 0 Å². The summed E-state index contributed by atoms with van der Waals surface area (Å²) in [6.45, 7) is 11.9. The molecule has 1 unspecified atom stereocenters. The van der Waals surface area contributed by atoms with Crippen molar-refractivity contribution in [1.29, 1.82) is 0 Å². The quantitative estimate of drug-likeness (QED) is 0.198. The minimum atomic E-state index is -1.41. The smallest absolute Gasteiger partial charge is 0.272 e. The van der Waals surface area contributed by atoms with E-state index in [-0.39, 0.29) is 35.4 Å². The van der Waals surface area contributed by atoms with Gasteiger partial charge in [-0.2, -0.15) is 0 Å². The molecule has 13 nitrogen and oxygen atoms in total. The Morgan fingerprint density at radius 2 is 1.63 bits per heavy atom. The van der Waals surface area contributed by atoms with Crippen molar-refractivity contribution < 1.29 is 29.1 Å². The first-order valence-corrected chi connectivity index (χ1v) is 18.2. The topological polar surface area (TPSA) is 183 Å². The standard InChI is InChI=1S/C36H57N7O6/c1-7-11-25(29(44)34(48)39-24-14-15-24)40-32(46)27-18-23(21(2)3)20-43(27)35(49)30(36(4,5)6)42-33(47)28(22-12-9-8-10-13-22)41-31(45)26-19-37-16-17-38-26/h16-17,19,21-25,27-30,44H,7-15,18,20H2,1-6H3,(H,39,48)(H,40,46)(H,41,45)(H,42,47)/t23-,25+,27+,28+,29?,30-/m1/s1. The molecular weight excluding hydrogens is 626 g/mol. The van der Waals surface area contributed by atoms with Gasteiger partial charge in [0.05, 0.1) is 12.2 Å². The minimum absolute atomic E-state index is 0.0324. The van der Waals surface area contributed by atoms with Crippen LogP contribution >= 0.6 is 0 Å². The van der Waals surface area contributed by atoms with E-state index in [1.165, 1.54) is 18.6 Å². The van der Waals surface area contributed by atoms with Gasteiger partial charge in [0.15, 0.2) is 6.10 Å². The van der Waals surface area contributed by atoms with Gasteiger partial charge in [-0.15, -0.1) is 0 Å². The molecule has 0 bridgehead atoms. The second-order valence-corrected chi connectivity index (χ2v) is 15.6. The summed E-state index contributed by atoms with van der Waals surface area (Å²) < 4.78 is 0. The number of nitrogens with zero attached hydrogens (tertiary/aromatic N) is 3. The van der Waals surface area contributed by atoms with Crippen molar-refractivity contribution in [2.45, 2.75) is 142 Å². The largest absolute Gasteiger partial charge is 0.381 e. The SMILES string of the molecule is CCC[C@H](NC(=O)[C@@H]1C[C@@H](C(C)C)CN1C(=O)[C@@H](NC(=O)[C@@H](NC(=O)c1cnccn1)C1CCCCC1)C(C)(C)C)C(O)C(=O)NC1CC1. The summed E-state index contributed by atoms with van der Waals surface area (Å²) in [6, 6.07) is -3.46. The van der Waals surface area contributed by atoms with Gasteiger partial charge in [0.2, 0.25) is 17.7 Å². The summed E-state index contributed by atoms with van der Waals surface area (Å²) in [5.74, 6) is -2.17. The van der Waals surface area contributed by atoms with Gasteiger partial charge in [-0.1, -0.05) is 67.2 Å². The van der Waals surface area contributed by atoms with Gasteiger partial charge in [-0.25, -0.2) is 4.98 Å². The lowest BCUT2D eigenvalue weighted by Crippen LogP contribution is -2.62. The molecule has 1 aliphatic heterocycles. The van der Waals surface area contributed by atoms with E-state index in [4.69, 9.17) is 0 Å². The Morgan fingerprint density at radius 3 is 2.20 bits per heavy atom. The number of carbonyl (C=O) groups excluding carboxylic acids is 5. The molecule has 0 spiro atoms. The maximum Gasteiger partial charge on any atom is 0.272 e. The van der Waals surface area contributed by atoms with Gasteiger partial charge in [0.1, 0.15) is 23.8 Å². The number of rotatable bonds is 14. The van der Waals surface area contributed by atoms with E-state index in [1.807, 2.05) is 27.7 Å². The normalized spacial score (nSPS) is 22.5. The Balaban J connectivity index is 1.55. The molecule has 13 heteroatoms. The molecule has 3 fully saturated rings. The Hall–Kier alpha value is -3.61. The number of likely N-dealkylation sites (tertiary alicyclic amines) is 1. The first kappa shape index (κ1) is 38.2. The van der Waals surface area contributed by atoms with Crippen LogP contribution in [0.15, 0.2) is 18.6 Å². The van der Waals surface area contributed by atoms with Gasteiger partial charge in [0.25, 0.3) is 11.8 Å². The first-order valence-electron chi connectivity index (χ1n) is 18.2. The van der Waals surface area contributed by atoms with E-state index in [0.29, 0.717) is 25.8 Å². The molecule has 1 saturated heterocycles. The van der Waals surface area contributed by atoms with Crippen LogP contribution in [-0.4, -0.2) is 92.4 Å². The van der Waals surface area contributed by atoms with Gasteiger partial charge >= 0.3 is 0 Å². The van der Waals surface area contributed by atoms with E-state index in [1.54, 1.807) is 4.90 Å². The number of hydrogen-bond donors (Lipinski definition) is 5. The predicted molar refractivity (Wildman–Crippen MR) is 184 cm³/mol. The summed E-state index contributed by atoms with van der Waals surface area (Å²) in [4.78, 5) is 78.1. The fourth-order valence-electron chi connectivity index (χ4n) is 6.98. The number of hydrogen-bond acceptors (Lipinski definition) is 8. The van der Waals surface area contributed by atoms with Crippen LogP contribution in [0.4, 0.5) is 0 Å². The highest BCUT2D eigenvalue weighted by Crippen LogP contribution is 2.33. The fraction of sp³-hybridized carbons (Fsp3) is 0.750. The number of amides is 5. The van der Waals surface area contributed by atoms with E-state index >= 15 is 0 Å². The summed E-state index contributed by atoms with van der Waals surface area (Å²) in [5, 5.41) is 22.5. The molecule has 2 aliphatic carbocycles. The van der Waals surface area contributed by atoms with Crippen molar-refractivity contribution in [3.05, 3.63) is 24.3 Å². The van der Waals surface area contributed by atoms with Crippen LogP contribution in [0.2, 0.25) is 0 Å². The van der Waals surface area contributed by atoms with Crippen LogP contribution in [0.1, 0.15) is 116 Å². The Morgan fingerprint density at radius 1 is 0.939 bits per heavy atom. The zero-order valence-corrected chi connectivity index (χ0v) is 30.0.